The molecule has 0 saturated heterocycles. The Kier molecular flexibility index (Phi) is 4.64. The zero-order valence-electron chi connectivity index (χ0n) is 10.6. The van der Waals surface area contributed by atoms with Crippen molar-refractivity contribution in [3.8, 4) is 5.75 Å². The summed E-state index contributed by atoms with van der Waals surface area (Å²) in [5.74, 6) is 0.221. The van der Waals surface area contributed by atoms with Crippen LogP contribution in [-0.4, -0.2) is 19.2 Å². The topological polar surface area (TPSA) is 35.5 Å². The van der Waals surface area contributed by atoms with Crippen LogP contribution >= 0.6 is 0 Å². The maximum atomic E-state index is 12.4. The first-order chi connectivity index (χ1) is 8.32. The average molecular weight is 258 g/mol. The Hall–Kier alpha value is -1.65. The smallest absolute Gasteiger partial charge is 0.396 e. The molecule has 1 aromatic rings. The van der Waals surface area contributed by atoms with Crippen LogP contribution in [0.15, 0.2) is 24.3 Å². The standard InChI is InChI=1S/C13H16F2O3/c1-13(2,3)9-4-6-10(7-5-9)17-12(16)18-11(15)8-14/h4-7,11H,8H2,1-3H3. The molecule has 0 aliphatic rings. The van der Waals surface area contributed by atoms with Crippen molar-refractivity contribution in [3.63, 3.8) is 0 Å². The van der Waals surface area contributed by atoms with Crippen molar-refractivity contribution in [1.29, 1.82) is 0 Å². The lowest BCUT2D eigenvalue weighted by molar-refractivity contribution is -0.0231. The monoisotopic (exact) mass is 258 g/mol. The van der Waals surface area contributed by atoms with Crippen LogP contribution in [0.25, 0.3) is 0 Å². The first kappa shape index (κ1) is 14.4. The summed E-state index contributed by atoms with van der Waals surface area (Å²) in [6, 6.07) is 6.74. The van der Waals surface area contributed by atoms with Gasteiger partial charge in [0, 0.05) is 0 Å². The summed E-state index contributed by atoms with van der Waals surface area (Å²) < 4.78 is 32.9. The minimum atomic E-state index is -2.29. The zero-order chi connectivity index (χ0) is 13.8. The van der Waals surface area contributed by atoms with Crippen molar-refractivity contribution in [2.75, 3.05) is 6.67 Å². The van der Waals surface area contributed by atoms with Crippen molar-refractivity contribution in [1.82, 2.24) is 0 Å². The van der Waals surface area contributed by atoms with Crippen LogP contribution in [0, 0.1) is 0 Å². The first-order valence-electron chi connectivity index (χ1n) is 5.52. The van der Waals surface area contributed by atoms with Gasteiger partial charge in [0.25, 0.3) is 6.36 Å². The third-order valence-corrected chi connectivity index (χ3v) is 2.27. The van der Waals surface area contributed by atoms with Crippen LogP contribution < -0.4 is 4.74 Å². The van der Waals surface area contributed by atoms with Gasteiger partial charge < -0.3 is 9.47 Å². The van der Waals surface area contributed by atoms with E-state index in [1.165, 1.54) is 0 Å². The number of carbonyl (C=O) groups excluding carboxylic acids is 1. The number of alkyl halides is 2. The Bertz CT molecular complexity index is 396. The summed E-state index contributed by atoms with van der Waals surface area (Å²) in [7, 11) is 0. The molecule has 3 nitrogen and oxygen atoms in total. The molecular formula is C13H16F2O3. The van der Waals surface area contributed by atoms with E-state index < -0.39 is 19.2 Å². The van der Waals surface area contributed by atoms with Gasteiger partial charge in [-0.1, -0.05) is 32.9 Å². The summed E-state index contributed by atoms with van der Waals surface area (Å²) >= 11 is 0. The van der Waals surface area contributed by atoms with Crippen molar-refractivity contribution in [2.45, 2.75) is 32.5 Å². The molecule has 0 aliphatic heterocycles. The number of carbonyl (C=O) groups is 1. The van der Waals surface area contributed by atoms with E-state index in [2.05, 4.69) is 9.47 Å². The molecule has 1 aromatic carbocycles. The molecule has 0 radical (unpaired) electrons. The largest absolute Gasteiger partial charge is 0.516 e. The van der Waals surface area contributed by atoms with E-state index in [1.807, 2.05) is 20.8 Å². The molecule has 100 valence electrons. The molecule has 1 rings (SSSR count). The number of hydrogen-bond acceptors (Lipinski definition) is 3. The summed E-state index contributed by atoms with van der Waals surface area (Å²) in [5.41, 5.74) is 1.05. The quantitative estimate of drug-likeness (QED) is 0.611. The van der Waals surface area contributed by atoms with E-state index >= 15 is 0 Å². The van der Waals surface area contributed by atoms with E-state index in [0.717, 1.165) is 5.56 Å². The predicted octanol–water partition coefficient (Wildman–Crippen LogP) is 3.76. The van der Waals surface area contributed by atoms with Gasteiger partial charge in [0.05, 0.1) is 0 Å². The molecule has 0 heterocycles. The molecule has 1 atom stereocenters. The molecule has 0 saturated carbocycles. The number of ether oxygens (including phenoxy) is 2. The van der Waals surface area contributed by atoms with Gasteiger partial charge in [-0.15, -0.1) is 0 Å². The van der Waals surface area contributed by atoms with E-state index in [4.69, 9.17) is 0 Å². The molecule has 0 aromatic heterocycles. The van der Waals surface area contributed by atoms with Gasteiger partial charge in [-0.3, -0.25) is 0 Å². The fraction of sp³-hybridized carbons (Fsp3) is 0.462. The zero-order valence-corrected chi connectivity index (χ0v) is 10.6. The van der Waals surface area contributed by atoms with E-state index in [-0.39, 0.29) is 11.2 Å². The minimum Gasteiger partial charge on any atom is -0.396 e. The minimum absolute atomic E-state index is 0.0166. The second kappa shape index (κ2) is 5.80. The van der Waals surface area contributed by atoms with Gasteiger partial charge in [-0.05, 0) is 23.1 Å². The Morgan fingerprint density at radius 3 is 2.28 bits per heavy atom. The van der Waals surface area contributed by atoms with Gasteiger partial charge in [-0.2, -0.15) is 4.39 Å². The molecule has 5 heteroatoms. The number of halogens is 2. The van der Waals surface area contributed by atoms with Crippen LogP contribution in [0.3, 0.4) is 0 Å². The fourth-order valence-electron chi connectivity index (χ4n) is 1.28. The highest BCUT2D eigenvalue weighted by molar-refractivity contribution is 5.63. The van der Waals surface area contributed by atoms with E-state index in [1.54, 1.807) is 24.3 Å². The van der Waals surface area contributed by atoms with Crippen LogP contribution in [0.4, 0.5) is 13.6 Å². The molecule has 1 unspecified atom stereocenters. The van der Waals surface area contributed by atoms with Crippen LogP contribution in [0.2, 0.25) is 0 Å². The SMILES string of the molecule is CC(C)(C)c1ccc(OC(=O)OC(F)CF)cc1. The summed E-state index contributed by atoms with van der Waals surface area (Å²) in [6.07, 6.45) is -3.55. The van der Waals surface area contributed by atoms with E-state index in [9.17, 15) is 13.6 Å². The van der Waals surface area contributed by atoms with Crippen molar-refractivity contribution < 1.29 is 23.0 Å². The molecule has 0 fully saturated rings. The highest BCUT2D eigenvalue weighted by atomic mass is 19.2. The normalized spacial score (nSPS) is 12.9. The molecule has 0 bridgehead atoms. The molecule has 0 amide bonds. The van der Waals surface area contributed by atoms with Crippen LogP contribution in [0.5, 0.6) is 5.75 Å². The summed E-state index contributed by atoms with van der Waals surface area (Å²) in [6.45, 7) is 4.75. The second-order valence-electron chi connectivity index (χ2n) is 4.81. The van der Waals surface area contributed by atoms with Crippen molar-refractivity contribution >= 4 is 6.16 Å². The summed E-state index contributed by atoms with van der Waals surface area (Å²) in [5, 5.41) is 0. The second-order valence-corrected chi connectivity index (χ2v) is 4.81. The molecule has 0 N–H and O–H groups in total. The maximum absolute atomic E-state index is 12.4. The Balaban J connectivity index is 2.61. The van der Waals surface area contributed by atoms with Gasteiger partial charge in [-0.25, -0.2) is 9.18 Å². The van der Waals surface area contributed by atoms with Gasteiger partial charge >= 0.3 is 6.16 Å². The molecule has 18 heavy (non-hydrogen) atoms. The van der Waals surface area contributed by atoms with Crippen LogP contribution in [-0.2, 0) is 10.2 Å². The highest BCUT2D eigenvalue weighted by Gasteiger charge is 2.16. The lowest BCUT2D eigenvalue weighted by atomic mass is 9.87. The summed E-state index contributed by atoms with van der Waals surface area (Å²) in [4.78, 5) is 11.0. The third-order valence-electron chi connectivity index (χ3n) is 2.27. The van der Waals surface area contributed by atoms with Gasteiger partial charge in [0.2, 0.25) is 0 Å². The van der Waals surface area contributed by atoms with Gasteiger partial charge in [0.1, 0.15) is 5.75 Å². The lowest BCUT2D eigenvalue weighted by Crippen LogP contribution is -2.18. The van der Waals surface area contributed by atoms with E-state index in [0.29, 0.717) is 0 Å². The Morgan fingerprint density at radius 1 is 1.28 bits per heavy atom. The lowest BCUT2D eigenvalue weighted by Gasteiger charge is -2.18. The highest BCUT2D eigenvalue weighted by Crippen LogP contribution is 2.24. The van der Waals surface area contributed by atoms with Crippen molar-refractivity contribution in [3.05, 3.63) is 29.8 Å². The molecule has 0 spiro atoms. The van der Waals surface area contributed by atoms with Gasteiger partial charge in [0.15, 0.2) is 6.67 Å². The Labute approximate surface area is 105 Å². The predicted molar refractivity (Wildman–Crippen MR) is 63.1 cm³/mol. The van der Waals surface area contributed by atoms with Crippen molar-refractivity contribution in [2.24, 2.45) is 0 Å². The third kappa shape index (κ3) is 4.31. The maximum Gasteiger partial charge on any atom is 0.516 e. The fourth-order valence-corrected chi connectivity index (χ4v) is 1.28. The average Bonchev–Trinajstić information content (AvgIpc) is 2.28. The number of rotatable bonds is 3. The molecular weight excluding hydrogens is 242 g/mol. The molecule has 0 aliphatic carbocycles. The number of hydrogen-bond donors (Lipinski definition) is 0. The Morgan fingerprint density at radius 2 is 1.83 bits per heavy atom. The first-order valence-corrected chi connectivity index (χ1v) is 5.52. The van der Waals surface area contributed by atoms with Crippen LogP contribution in [0.1, 0.15) is 26.3 Å². The number of benzene rings is 1.